The Morgan fingerprint density at radius 2 is 2.00 bits per heavy atom. The fourth-order valence-electron chi connectivity index (χ4n) is 2.05. The summed E-state index contributed by atoms with van der Waals surface area (Å²) in [6.07, 6.45) is 1.86. The van der Waals surface area contributed by atoms with Gasteiger partial charge in [-0.15, -0.1) is 16.4 Å². The Hall–Kier alpha value is -1.83. The number of halogens is 1. The molecule has 4 nitrogen and oxygen atoms in total. The van der Waals surface area contributed by atoms with Gasteiger partial charge in [-0.2, -0.15) is 9.50 Å². The van der Waals surface area contributed by atoms with Crippen molar-refractivity contribution in [3.05, 3.63) is 66.7 Å². The normalized spacial score (nSPS) is 12.3. The lowest BCUT2D eigenvalue weighted by atomic mass is 10.2. The summed E-state index contributed by atoms with van der Waals surface area (Å²) < 4.78 is 3.02. The zero-order valence-corrected chi connectivity index (χ0v) is 14.3. The molecule has 0 atom stereocenters. The van der Waals surface area contributed by atoms with Crippen molar-refractivity contribution < 1.29 is 0 Å². The third-order valence-electron chi connectivity index (χ3n) is 3.09. The Morgan fingerprint density at radius 1 is 1.18 bits per heavy atom. The summed E-state index contributed by atoms with van der Waals surface area (Å²) in [4.78, 5) is 18.5. The van der Waals surface area contributed by atoms with Gasteiger partial charge >= 0.3 is 0 Å². The van der Waals surface area contributed by atoms with Gasteiger partial charge in [0.25, 0.3) is 5.56 Å². The van der Waals surface area contributed by atoms with Crippen LogP contribution in [-0.4, -0.2) is 14.6 Å². The van der Waals surface area contributed by atoms with Gasteiger partial charge < -0.3 is 0 Å². The van der Waals surface area contributed by atoms with Gasteiger partial charge in [0.1, 0.15) is 0 Å². The van der Waals surface area contributed by atoms with Gasteiger partial charge in [-0.05, 0) is 35.2 Å². The van der Waals surface area contributed by atoms with Gasteiger partial charge in [-0.3, -0.25) is 4.79 Å². The molecule has 0 aliphatic heterocycles. The minimum atomic E-state index is -0.127. The van der Waals surface area contributed by atoms with Crippen molar-refractivity contribution >= 4 is 49.6 Å². The maximum atomic E-state index is 12.4. The zero-order valence-electron chi connectivity index (χ0n) is 11.1. The lowest BCUT2D eigenvalue weighted by Crippen LogP contribution is -2.23. The van der Waals surface area contributed by atoms with Crippen molar-refractivity contribution in [3.8, 4) is 10.7 Å². The predicted molar refractivity (Wildman–Crippen MR) is 93.4 cm³/mol. The molecule has 0 unspecified atom stereocenters. The summed E-state index contributed by atoms with van der Waals surface area (Å²) >= 11 is 6.31. The molecule has 4 rings (SSSR count). The number of rotatable bonds is 2. The van der Waals surface area contributed by atoms with Gasteiger partial charge in [-0.1, -0.05) is 45.5 Å². The van der Waals surface area contributed by atoms with Crippen LogP contribution in [0, 0.1) is 0 Å². The van der Waals surface area contributed by atoms with E-state index in [2.05, 4.69) is 26.0 Å². The van der Waals surface area contributed by atoms with Crippen LogP contribution in [-0.2, 0) is 0 Å². The molecule has 0 fully saturated rings. The molecular formula is C15H8BrN3OS2. The van der Waals surface area contributed by atoms with Crippen LogP contribution < -0.4 is 10.1 Å². The summed E-state index contributed by atoms with van der Waals surface area (Å²) in [6, 6.07) is 11.7. The van der Waals surface area contributed by atoms with Crippen molar-refractivity contribution in [1.29, 1.82) is 0 Å². The van der Waals surface area contributed by atoms with Crippen LogP contribution in [0.4, 0.5) is 0 Å². The summed E-state index contributed by atoms with van der Waals surface area (Å²) in [7, 11) is 0. The highest BCUT2D eigenvalue weighted by molar-refractivity contribution is 9.10. The molecule has 4 aromatic rings. The quantitative estimate of drug-likeness (QED) is 0.528. The first-order valence-corrected chi connectivity index (χ1v) is 8.90. The number of nitrogens with zero attached hydrogens (tertiary/aromatic N) is 3. The van der Waals surface area contributed by atoms with E-state index in [1.165, 1.54) is 15.9 Å². The number of benzene rings is 1. The van der Waals surface area contributed by atoms with Crippen molar-refractivity contribution in [2.45, 2.75) is 0 Å². The molecule has 1 aromatic carbocycles. The lowest BCUT2D eigenvalue weighted by molar-refractivity contribution is 0.938. The Bertz CT molecular complexity index is 1050. The monoisotopic (exact) mass is 389 g/mol. The van der Waals surface area contributed by atoms with E-state index < -0.39 is 0 Å². The Morgan fingerprint density at radius 3 is 2.68 bits per heavy atom. The highest BCUT2D eigenvalue weighted by Crippen LogP contribution is 2.21. The molecule has 0 N–H and O–H groups in total. The molecule has 22 heavy (non-hydrogen) atoms. The topological polar surface area (TPSA) is 47.3 Å². The SMILES string of the molecule is O=c1c(=Cc2ccc(Br)cc2)sc2nc(-c3cccs3)nn12. The smallest absolute Gasteiger partial charge is 0.266 e. The summed E-state index contributed by atoms with van der Waals surface area (Å²) in [6.45, 7) is 0. The Labute approximate surface area is 141 Å². The van der Waals surface area contributed by atoms with Crippen LogP contribution in [0.5, 0.6) is 0 Å². The van der Waals surface area contributed by atoms with Gasteiger partial charge in [0.05, 0.1) is 9.41 Å². The lowest BCUT2D eigenvalue weighted by Gasteiger charge is -1.91. The first kappa shape index (κ1) is 13.8. The Balaban J connectivity index is 1.84. The largest absolute Gasteiger partial charge is 0.291 e. The van der Waals surface area contributed by atoms with Crippen LogP contribution >= 0.6 is 38.6 Å². The number of aromatic nitrogens is 3. The van der Waals surface area contributed by atoms with Crippen LogP contribution in [0.15, 0.2) is 51.0 Å². The molecule has 3 aromatic heterocycles. The maximum Gasteiger partial charge on any atom is 0.291 e. The number of thiophene rings is 1. The van der Waals surface area contributed by atoms with Crippen molar-refractivity contribution in [2.75, 3.05) is 0 Å². The fraction of sp³-hybridized carbons (Fsp3) is 0. The molecule has 0 aliphatic carbocycles. The molecule has 108 valence electrons. The summed E-state index contributed by atoms with van der Waals surface area (Å²) in [5.74, 6) is 0.605. The number of hydrogen-bond acceptors (Lipinski definition) is 5. The average molecular weight is 390 g/mol. The second kappa shape index (κ2) is 5.42. The van der Waals surface area contributed by atoms with Gasteiger partial charge in [-0.25, -0.2) is 0 Å². The molecule has 3 heterocycles. The first-order valence-electron chi connectivity index (χ1n) is 6.41. The van der Waals surface area contributed by atoms with E-state index in [1.54, 1.807) is 11.3 Å². The maximum absolute atomic E-state index is 12.4. The van der Waals surface area contributed by atoms with Crippen molar-refractivity contribution in [3.63, 3.8) is 0 Å². The van der Waals surface area contributed by atoms with Crippen LogP contribution in [0.2, 0.25) is 0 Å². The van der Waals surface area contributed by atoms with E-state index in [1.807, 2.05) is 47.9 Å². The van der Waals surface area contributed by atoms with E-state index in [0.717, 1.165) is 14.9 Å². The fourth-order valence-corrected chi connectivity index (χ4v) is 3.88. The summed E-state index contributed by atoms with van der Waals surface area (Å²) in [5.41, 5.74) is 0.849. The number of fused-ring (bicyclic) bond motifs is 1. The standard InChI is InChI=1S/C15H8BrN3OS2/c16-10-5-3-9(4-6-10)8-12-14(20)19-15(22-12)17-13(18-19)11-2-1-7-21-11/h1-8H. The van der Waals surface area contributed by atoms with E-state index in [0.29, 0.717) is 15.3 Å². The third kappa shape index (κ3) is 2.41. The number of hydrogen-bond donors (Lipinski definition) is 0. The third-order valence-corrected chi connectivity index (χ3v) is 5.44. The van der Waals surface area contributed by atoms with Crippen molar-refractivity contribution in [2.24, 2.45) is 0 Å². The van der Waals surface area contributed by atoms with Gasteiger partial charge in [0.15, 0.2) is 5.82 Å². The first-order chi connectivity index (χ1) is 10.7. The molecule has 7 heteroatoms. The van der Waals surface area contributed by atoms with Gasteiger partial charge in [0.2, 0.25) is 4.96 Å². The second-order valence-electron chi connectivity index (χ2n) is 4.57. The molecular weight excluding hydrogens is 382 g/mol. The van der Waals surface area contributed by atoms with E-state index in [-0.39, 0.29) is 5.56 Å². The number of thiazole rings is 1. The molecule has 0 spiro atoms. The van der Waals surface area contributed by atoms with E-state index >= 15 is 0 Å². The molecule has 0 saturated carbocycles. The minimum absolute atomic E-state index is 0.127. The molecule has 0 bridgehead atoms. The van der Waals surface area contributed by atoms with Crippen LogP contribution in [0.25, 0.3) is 21.7 Å². The van der Waals surface area contributed by atoms with E-state index in [4.69, 9.17) is 0 Å². The highest BCUT2D eigenvalue weighted by atomic mass is 79.9. The van der Waals surface area contributed by atoms with Crippen LogP contribution in [0.3, 0.4) is 0 Å². The Kier molecular flexibility index (Phi) is 3.40. The van der Waals surface area contributed by atoms with Gasteiger partial charge in [0, 0.05) is 4.47 Å². The summed E-state index contributed by atoms with van der Waals surface area (Å²) in [5, 5.41) is 6.29. The predicted octanol–water partition coefficient (Wildman–Crippen LogP) is 3.19. The molecule has 0 radical (unpaired) electrons. The highest BCUT2D eigenvalue weighted by Gasteiger charge is 2.12. The molecule has 0 aliphatic rings. The van der Waals surface area contributed by atoms with Crippen molar-refractivity contribution in [1.82, 2.24) is 14.6 Å². The molecule has 0 saturated heterocycles. The minimum Gasteiger partial charge on any atom is -0.266 e. The van der Waals surface area contributed by atoms with E-state index in [9.17, 15) is 4.79 Å². The zero-order chi connectivity index (χ0) is 15.1. The average Bonchev–Trinajstić information content (AvgIpc) is 3.20. The molecule has 0 amide bonds. The second-order valence-corrected chi connectivity index (χ2v) is 7.45. The van der Waals surface area contributed by atoms with Crippen LogP contribution in [0.1, 0.15) is 5.56 Å².